The van der Waals surface area contributed by atoms with E-state index in [0.29, 0.717) is 24.2 Å². The highest BCUT2D eigenvalue weighted by Crippen LogP contribution is 2.60. The Morgan fingerprint density at radius 1 is 0.971 bits per heavy atom. The third-order valence-electron chi connectivity index (χ3n) is 10.1. The number of aliphatic hydroxyl groups is 6. The molecule has 0 spiro atoms. The average molecular weight is 485 g/mol. The van der Waals surface area contributed by atoms with Crippen LogP contribution in [0.5, 0.6) is 0 Å². The maximum atomic E-state index is 14.0. The van der Waals surface area contributed by atoms with Crippen molar-refractivity contribution in [2.75, 3.05) is 13.2 Å². The van der Waals surface area contributed by atoms with Crippen LogP contribution in [0.1, 0.15) is 79.1 Å². The Morgan fingerprint density at radius 3 is 2.24 bits per heavy atom. The van der Waals surface area contributed by atoms with Crippen molar-refractivity contribution in [1.29, 1.82) is 0 Å². The van der Waals surface area contributed by atoms with Gasteiger partial charge in [0.05, 0.1) is 30.3 Å². The Bertz CT molecular complexity index is 698. The summed E-state index contributed by atoms with van der Waals surface area (Å²) in [5, 5.41) is 62.7. The lowest BCUT2D eigenvalue weighted by molar-refractivity contribution is -0.216. The first-order valence-corrected chi connectivity index (χ1v) is 13.4. The molecule has 0 radical (unpaired) electrons. The van der Waals surface area contributed by atoms with Crippen LogP contribution >= 0.6 is 0 Å². The number of carbonyl (C=O) groups excluding carboxylic acids is 1. The molecule has 0 aromatic heterocycles. The molecule has 0 bridgehead atoms. The minimum Gasteiger partial charge on any atom is -0.396 e. The fourth-order valence-electron chi connectivity index (χ4n) is 8.29. The molecule has 3 aliphatic carbocycles. The third-order valence-corrected chi connectivity index (χ3v) is 10.1. The molecular formula is C27H48O7. The smallest absolute Gasteiger partial charge is 0.145 e. The second kappa shape index (κ2) is 10.8. The predicted molar refractivity (Wildman–Crippen MR) is 129 cm³/mol. The summed E-state index contributed by atoms with van der Waals surface area (Å²) >= 11 is 0. The van der Waals surface area contributed by atoms with E-state index in [2.05, 4.69) is 27.7 Å². The van der Waals surface area contributed by atoms with Gasteiger partial charge in [-0.3, -0.25) is 4.79 Å². The van der Waals surface area contributed by atoms with Crippen LogP contribution in [-0.2, 0) is 4.79 Å². The molecule has 0 aromatic rings. The van der Waals surface area contributed by atoms with Crippen LogP contribution in [0.15, 0.2) is 0 Å². The fraction of sp³-hybridized carbons (Fsp3) is 0.963. The highest BCUT2D eigenvalue weighted by atomic mass is 16.4. The van der Waals surface area contributed by atoms with Gasteiger partial charge in [0.25, 0.3) is 0 Å². The van der Waals surface area contributed by atoms with Gasteiger partial charge in [-0.25, -0.2) is 0 Å². The fourth-order valence-corrected chi connectivity index (χ4v) is 8.29. The van der Waals surface area contributed by atoms with E-state index in [4.69, 9.17) is 0 Å². The van der Waals surface area contributed by atoms with Gasteiger partial charge < -0.3 is 30.6 Å². The van der Waals surface area contributed by atoms with Crippen LogP contribution in [0.25, 0.3) is 0 Å². The molecule has 0 heterocycles. The quantitative estimate of drug-likeness (QED) is 0.294. The summed E-state index contributed by atoms with van der Waals surface area (Å²) in [4.78, 5) is 14.0. The maximum Gasteiger partial charge on any atom is 0.145 e. The molecule has 7 nitrogen and oxygen atoms in total. The number of ketones is 1. The van der Waals surface area contributed by atoms with Crippen molar-refractivity contribution in [1.82, 2.24) is 0 Å². The van der Waals surface area contributed by atoms with Crippen molar-refractivity contribution in [2.24, 2.45) is 46.3 Å². The van der Waals surface area contributed by atoms with E-state index in [9.17, 15) is 35.4 Å². The van der Waals surface area contributed by atoms with E-state index < -0.39 is 48.3 Å². The Kier molecular flexibility index (Phi) is 8.91. The number of fused-ring (bicyclic) bond motifs is 1. The number of hydrogen-bond acceptors (Lipinski definition) is 7. The second-order valence-electron chi connectivity index (χ2n) is 12.4. The van der Waals surface area contributed by atoms with Crippen molar-refractivity contribution < 1.29 is 35.4 Å². The third kappa shape index (κ3) is 4.73. The van der Waals surface area contributed by atoms with Crippen LogP contribution < -0.4 is 0 Å². The van der Waals surface area contributed by atoms with Crippen LogP contribution in [0.3, 0.4) is 0 Å². The molecule has 0 aromatic carbocycles. The van der Waals surface area contributed by atoms with E-state index in [0.717, 1.165) is 25.7 Å². The van der Waals surface area contributed by atoms with Gasteiger partial charge in [-0.2, -0.15) is 0 Å². The summed E-state index contributed by atoms with van der Waals surface area (Å²) in [5.41, 5.74) is -1.75. The lowest BCUT2D eigenvalue weighted by Gasteiger charge is -2.56. The minimum absolute atomic E-state index is 0.0308. The Labute approximate surface area is 204 Å². The standard InChI is InChI=1S/C27H48O7/c1-15(2)6-5-7-16(3)18-8-9-19(26(18,4)10-11-28)17-12-20(30)22-24(33)23(32)21(31)13-27(22,14-29)25(17)34/h15-24,28-33H,5-14H2,1-4H3/t16-,17+,18-,19+,20-,21-,22+,23+,24+,26-,27-/m1/s1. The highest BCUT2D eigenvalue weighted by molar-refractivity contribution is 5.89. The second-order valence-corrected chi connectivity index (χ2v) is 12.4. The van der Waals surface area contributed by atoms with Gasteiger partial charge in [0.15, 0.2) is 0 Å². The molecule has 6 N–H and O–H groups in total. The molecule has 0 saturated heterocycles. The monoisotopic (exact) mass is 484 g/mol. The lowest BCUT2D eigenvalue weighted by Crippen LogP contribution is -2.67. The van der Waals surface area contributed by atoms with E-state index in [1.165, 1.54) is 6.42 Å². The van der Waals surface area contributed by atoms with Crippen LogP contribution in [-0.4, -0.2) is 74.1 Å². The summed E-state index contributed by atoms with van der Waals surface area (Å²) in [7, 11) is 0. The molecule has 3 saturated carbocycles. The molecule has 3 aliphatic rings. The molecule has 7 heteroatoms. The first kappa shape index (κ1) is 28.0. The SMILES string of the molecule is CC(C)CCC[C@@H](C)[C@H]1CC[C@@H]([C@@H]2C[C@@H](O)[C@H]3[C@H](O)[C@@H](O)[C@H](O)C[C@]3(CO)C2=O)[C@]1(C)CCO. The number of hydrogen-bond donors (Lipinski definition) is 6. The van der Waals surface area contributed by atoms with Crippen LogP contribution in [0.2, 0.25) is 0 Å². The summed E-state index contributed by atoms with van der Waals surface area (Å²) in [5.74, 6) is -0.308. The molecule has 3 rings (SSSR count). The van der Waals surface area contributed by atoms with Crippen LogP contribution in [0.4, 0.5) is 0 Å². The zero-order valence-corrected chi connectivity index (χ0v) is 21.4. The van der Waals surface area contributed by atoms with Gasteiger partial charge in [-0.15, -0.1) is 0 Å². The zero-order valence-electron chi connectivity index (χ0n) is 21.4. The van der Waals surface area contributed by atoms with Gasteiger partial charge in [0.1, 0.15) is 11.9 Å². The zero-order chi connectivity index (χ0) is 25.4. The van der Waals surface area contributed by atoms with E-state index in [1.54, 1.807) is 0 Å². The Hall–Kier alpha value is -0.570. The molecule has 11 atom stereocenters. The normalized spacial score (nSPS) is 46.0. The summed E-state index contributed by atoms with van der Waals surface area (Å²) in [6.07, 6.45) is 0.480. The van der Waals surface area contributed by atoms with Gasteiger partial charge in [0.2, 0.25) is 0 Å². The first-order chi connectivity index (χ1) is 15.9. The maximum absolute atomic E-state index is 14.0. The van der Waals surface area contributed by atoms with Crippen molar-refractivity contribution in [2.45, 2.75) is 103 Å². The molecular weight excluding hydrogens is 436 g/mol. The van der Waals surface area contributed by atoms with Crippen LogP contribution in [0, 0.1) is 46.3 Å². The largest absolute Gasteiger partial charge is 0.396 e. The topological polar surface area (TPSA) is 138 Å². The van der Waals surface area contributed by atoms with E-state index in [-0.39, 0.29) is 36.6 Å². The lowest BCUT2D eigenvalue weighted by atomic mass is 9.50. The van der Waals surface area contributed by atoms with Gasteiger partial charge in [-0.1, -0.05) is 47.0 Å². The van der Waals surface area contributed by atoms with E-state index in [1.807, 2.05) is 0 Å². The molecule has 0 unspecified atom stereocenters. The number of rotatable bonds is 9. The van der Waals surface area contributed by atoms with Crippen molar-refractivity contribution >= 4 is 5.78 Å². The van der Waals surface area contributed by atoms with Crippen molar-refractivity contribution in [3.05, 3.63) is 0 Å². The van der Waals surface area contributed by atoms with Crippen molar-refractivity contribution in [3.8, 4) is 0 Å². The molecule has 198 valence electrons. The molecule has 0 aliphatic heterocycles. The number of carbonyl (C=O) groups is 1. The average Bonchev–Trinajstić information content (AvgIpc) is 3.10. The number of aliphatic hydroxyl groups excluding tert-OH is 6. The minimum atomic E-state index is -1.48. The molecule has 3 fully saturated rings. The summed E-state index contributed by atoms with van der Waals surface area (Å²) in [6, 6.07) is 0. The number of Topliss-reactive ketones (excluding diaryl/α,β-unsaturated/α-hetero) is 1. The molecule has 34 heavy (non-hydrogen) atoms. The van der Waals surface area contributed by atoms with Crippen molar-refractivity contribution in [3.63, 3.8) is 0 Å². The first-order valence-electron chi connectivity index (χ1n) is 13.4. The Morgan fingerprint density at radius 2 is 1.65 bits per heavy atom. The molecule has 0 amide bonds. The van der Waals surface area contributed by atoms with Gasteiger partial charge in [0, 0.05) is 18.4 Å². The highest BCUT2D eigenvalue weighted by Gasteiger charge is 2.65. The predicted octanol–water partition coefficient (Wildman–Crippen LogP) is 1.89. The van der Waals surface area contributed by atoms with E-state index >= 15 is 0 Å². The van der Waals surface area contributed by atoms with Gasteiger partial charge >= 0.3 is 0 Å². The Balaban J connectivity index is 1.89. The summed E-state index contributed by atoms with van der Waals surface area (Å²) < 4.78 is 0. The van der Waals surface area contributed by atoms with Gasteiger partial charge in [-0.05, 0) is 61.2 Å². The summed E-state index contributed by atoms with van der Waals surface area (Å²) in [6.45, 7) is 8.37.